The molecule has 1 amide bonds. The molecule has 67 heavy (non-hydrogen) atoms. The number of nitrogens with one attached hydrogen (secondary N) is 2. The molecule has 6 aromatic rings. The summed E-state index contributed by atoms with van der Waals surface area (Å²) >= 11 is 3.33. The van der Waals surface area contributed by atoms with Crippen molar-refractivity contribution in [2.24, 2.45) is 0 Å². The van der Waals surface area contributed by atoms with Crippen molar-refractivity contribution >= 4 is 66.3 Å². The second-order valence-electron chi connectivity index (χ2n) is 18.6. The van der Waals surface area contributed by atoms with E-state index >= 15 is 0 Å². The number of Topliss-reactive ketones (excluding diaryl/α,β-unsaturated/α-hetero) is 1. The van der Waals surface area contributed by atoms with Crippen LogP contribution in [0.15, 0.2) is 72.8 Å². The van der Waals surface area contributed by atoms with Gasteiger partial charge < -0.3 is 23.6 Å². The first-order chi connectivity index (χ1) is 32.8. The number of aryl methyl sites for hydroxylation is 6. The molecule has 3 aliphatic rings. The number of H-pyrrole nitrogens is 1. The Kier molecular flexibility index (Phi) is 21.6. The van der Waals surface area contributed by atoms with Crippen molar-refractivity contribution in [1.82, 2.24) is 19.6 Å². The van der Waals surface area contributed by atoms with E-state index in [2.05, 4.69) is 103 Å². The van der Waals surface area contributed by atoms with E-state index in [-0.39, 0.29) is 11.9 Å². The number of para-hydroxylation sites is 3. The van der Waals surface area contributed by atoms with Crippen molar-refractivity contribution in [3.05, 3.63) is 107 Å². The Labute approximate surface area is 407 Å². The maximum absolute atomic E-state index is 11.4. The number of alkyl halides is 1. The standard InChI is InChI=1S/C20H27NO2.C18H24N2O2.C12H13N.C7H13BrO/c1-2-23-20(22)14-4-3-9-15-21-18-12-7-5-10-16(18)17-11-6-8-13-19(17)21;21-18(19-22)12-2-1-7-13-20-16-10-5-3-8-14(16)15-9-4-6-11-17(15)20;1-3-7-11-9(5-1)10-6-2-4-8-12(10)13-11;1-7(9)5-3-2-4-6-8/h5,7,10,12H,2-4,6,8-9,11,13-15H2,1H3;3,5,8,10,22H,1-2,4,6-7,9,11-13H2,(H,19,21);1,3,5,7,13H,2,4,6,8H2;2-6H2,1H3. The van der Waals surface area contributed by atoms with Crippen LogP contribution in [0.4, 0.5) is 0 Å². The molecule has 3 heterocycles. The molecule has 9 nitrogen and oxygen atoms in total. The zero-order chi connectivity index (χ0) is 47.2. The van der Waals surface area contributed by atoms with Gasteiger partial charge in [0.05, 0.1) is 6.61 Å². The quantitative estimate of drug-likeness (QED) is 0.0261. The number of ketones is 1. The first kappa shape index (κ1) is 51.7. The number of hydrogen-bond donors (Lipinski definition) is 3. The first-order valence-corrected chi connectivity index (χ1v) is 26.9. The molecule has 0 bridgehead atoms. The third kappa shape index (κ3) is 14.9. The van der Waals surface area contributed by atoms with Crippen LogP contribution in [0.5, 0.6) is 0 Å². The van der Waals surface area contributed by atoms with Gasteiger partial charge in [-0.25, -0.2) is 5.48 Å². The molecular weight excluding hydrogens is 901 g/mol. The van der Waals surface area contributed by atoms with E-state index in [1.54, 1.807) is 34.8 Å². The van der Waals surface area contributed by atoms with Crippen LogP contribution in [0.1, 0.15) is 163 Å². The maximum Gasteiger partial charge on any atom is 0.305 e. The predicted octanol–water partition coefficient (Wildman–Crippen LogP) is 13.8. The van der Waals surface area contributed by atoms with E-state index in [1.165, 1.54) is 134 Å². The fourth-order valence-corrected chi connectivity index (χ4v) is 10.8. The van der Waals surface area contributed by atoms with E-state index in [0.29, 0.717) is 25.2 Å². The summed E-state index contributed by atoms with van der Waals surface area (Å²) in [7, 11) is 0. The number of aromatic amines is 1. The third-order valence-electron chi connectivity index (χ3n) is 13.7. The lowest BCUT2D eigenvalue weighted by Gasteiger charge is -2.16. The predicted molar refractivity (Wildman–Crippen MR) is 279 cm³/mol. The lowest BCUT2D eigenvalue weighted by molar-refractivity contribution is -0.143. The van der Waals surface area contributed by atoms with Crippen LogP contribution in [0, 0.1) is 0 Å². The minimum Gasteiger partial charge on any atom is -0.466 e. The van der Waals surface area contributed by atoms with Gasteiger partial charge in [0.1, 0.15) is 5.78 Å². The fourth-order valence-electron chi connectivity index (χ4n) is 10.4. The van der Waals surface area contributed by atoms with E-state index in [9.17, 15) is 14.4 Å². The molecule has 0 fully saturated rings. The van der Waals surface area contributed by atoms with Crippen LogP contribution >= 0.6 is 15.9 Å². The molecule has 0 aliphatic heterocycles. The Hall–Kier alpha value is -4.67. The van der Waals surface area contributed by atoms with E-state index in [0.717, 1.165) is 69.8 Å². The third-order valence-corrected chi connectivity index (χ3v) is 14.3. The number of carbonyl (C=O) groups excluding carboxylic acids is 3. The summed E-state index contributed by atoms with van der Waals surface area (Å²) < 4.78 is 10.0. The van der Waals surface area contributed by atoms with Crippen molar-refractivity contribution in [3.63, 3.8) is 0 Å². The number of benzene rings is 3. The average Bonchev–Trinajstić information content (AvgIpc) is 4.01. The second kappa shape index (κ2) is 28.0. The van der Waals surface area contributed by atoms with Crippen molar-refractivity contribution in [3.8, 4) is 0 Å². The molecule has 362 valence electrons. The van der Waals surface area contributed by atoms with Crippen molar-refractivity contribution in [1.29, 1.82) is 0 Å². The van der Waals surface area contributed by atoms with Crippen LogP contribution in [-0.2, 0) is 70.7 Å². The lowest BCUT2D eigenvalue weighted by Crippen LogP contribution is -2.17. The zero-order valence-electron chi connectivity index (χ0n) is 40.6. The molecule has 3 N–H and O–H groups in total. The van der Waals surface area contributed by atoms with Gasteiger partial charge in [0.2, 0.25) is 5.91 Å². The molecule has 0 atom stereocenters. The maximum atomic E-state index is 11.4. The molecule has 3 aromatic heterocycles. The molecule has 3 aromatic carbocycles. The summed E-state index contributed by atoms with van der Waals surface area (Å²) in [6, 6.07) is 26.2. The summed E-state index contributed by atoms with van der Waals surface area (Å²) in [5.41, 5.74) is 15.0. The number of unbranched alkanes of at least 4 members (excludes halogenated alkanes) is 6. The summed E-state index contributed by atoms with van der Waals surface area (Å²) in [5, 5.41) is 13.9. The number of esters is 1. The molecule has 0 saturated heterocycles. The van der Waals surface area contributed by atoms with Gasteiger partial charge in [0.15, 0.2) is 0 Å². The molecule has 10 heteroatoms. The van der Waals surface area contributed by atoms with E-state index < -0.39 is 0 Å². The van der Waals surface area contributed by atoms with E-state index in [1.807, 2.05) is 6.92 Å². The number of fused-ring (bicyclic) bond motifs is 9. The van der Waals surface area contributed by atoms with Gasteiger partial charge in [0.25, 0.3) is 0 Å². The summed E-state index contributed by atoms with van der Waals surface area (Å²) in [6.07, 6.45) is 26.5. The number of nitrogens with zero attached hydrogens (tertiary/aromatic N) is 2. The van der Waals surface area contributed by atoms with Crippen LogP contribution in [0.25, 0.3) is 32.7 Å². The highest BCUT2D eigenvalue weighted by Gasteiger charge is 2.21. The SMILES string of the molecule is CC(=O)CCCCCBr.CCOC(=O)CCCCCn1c2c(c3ccccc31)CCCC2.O=C(CCCCCn1c2c(c3ccccc31)CCCC2)NO.c1ccc2c3c([nH]c2c1)CCCC3. The van der Waals surface area contributed by atoms with Gasteiger partial charge in [-0.1, -0.05) is 89.8 Å². The fraction of sp³-hybridized carbons (Fsp3) is 0.526. The molecule has 0 spiro atoms. The number of carbonyl (C=O) groups is 3. The number of rotatable bonds is 18. The molecule has 0 radical (unpaired) electrons. The number of amides is 1. The molecule has 0 saturated carbocycles. The minimum atomic E-state index is -0.288. The van der Waals surface area contributed by atoms with Crippen LogP contribution in [0.3, 0.4) is 0 Å². The van der Waals surface area contributed by atoms with Crippen molar-refractivity contribution in [2.45, 2.75) is 181 Å². The van der Waals surface area contributed by atoms with Crippen LogP contribution in [-0.4, -0.2) is 48.9 Å². The van der Waals surface area contributed by atoms with Gasteiger partial charge in [-0.3, -0.25) is 14.8 Å². The number of aromatic nitrogens is 3. The largest absolute Gasteiger partial charge is 0.466 e. The van der Waals surface area contributed by atoms with Crippen LogP contribution in [0.2, 0.25) is 0 Å². The Bertz CT molecular complexity index is 2480. The highest BCUT2D eigenvalue weighted by molar-refractivity contribution is 9.09. The molecule has 9 rings (SSSR count). The lowest BCUT2D eigenvalue weighted by atomic mass is 9.95. The van der Waals surface area contributed by atoms with Gasteiger partial charge in [-0.15, -0.1) is 0 Å². The summed E-state index contributed by atoms with van der Waals surface area (Å²) in [4.78, 5) is 36.3. The minimum absolute atomic E-state index is 0.0590. The summed E-state index contributed by atoms with van der Waals surface area (Å²) in [6.45, 7) is 6.09. The van der Waals surface area contributed by atoms with Gasteiger partial charge in [-0.2, -0.15) is 0 Å². The monoisotopic (exact) mass is 977 g/mol. The van der Waals surface area contributed by atoms with Crippen LogP contribution < -0.4 is 5.48 Å². The molecular formula is C57H77BrN4O5. The Morgan fingerprint density at radius 2 is 1.09 bits per heavy atom. The Balaban J connectivity index is 0.000000156. The van der Waals surface area contributed by atoms with E-state index in [4.69, 9.17) is 9.94 Å². The molecule has 0 unspecified atom stereocenters. The van der Waals surface area contributed by atoms with Crippen molar-refractivity contribution in [2.75, 3.05) is 11.9 Å². The van der Waals surface area contributed by atoms with Gasteiger partial charge >= 0.3 is 5.97 Å². The highest BCUT2D eigenvalue weighted by Crippen LogP contribution is 2.34. The van der Waals surface area contributed by atoms with Gasteiger partial charge in [0, 0.05) is 87.5 Å². The summed E-state index contributed by atoms with van der Waals surface area (Å²) in [5.74, 6) is -0.0374. The zero-order valence-corrected chi connectivity index (χ0v) is 42.2. The number of halogens is 1. The van der Waals surface area contributed by atoms with Crippen molar-refractivity contribution < 1.29 is 24.3 Å². The smallest absolute Gasteiger partial charge is 0.305 e. The van der Waals surface area contributed by atoms with Gasteiger partial charge in [-0.05, 0) is 164 Å². The number of ether oxygens (including phenoxy) is 1. The molecule has 3 aliphatic carbocycles. The normalized spacial score (nSPS) is 13.8. The highest BCUT2D eigenvalue weighted by atomic mass is 79.9. The average molecular weight is 978 g/mol. The Morgan fingerprint density at radius 1 is 0.597 bits per heavy atom. The number of hydroxylamine groups is 1. The topological polar surface area (TPSA) is 118 Å². The second-order valence-corrected chi connectivity index (χ2v) is 19.4. The Morgan fingerprint density at radius 3 is 1.66 bits per heavy atom. The first-order valence-electron chi connectivity index (χ1n) is 25.7. The number of hydrogen-bond acceptors (Lipinski definition) is 5.